The lowest BCUT2D eigenvalue weighted by atomic mass is 9.96. The number of carbonyl (C=O) groups is 1. The molecule has 1 aliphatic heterocycles. The van der Waals surface area contributed by atoms with Gasteiger partial charge in [0.25, 0.3) is 0 Å². The lowest BCUT2D eigenvalue weighted by Gasteiger charge is -2.32. The fraction of sp³-hybridized carbons (Fsp3) is 0.750. The number of rotatable bonds is 3. The Bertz CT molecular complexity index is 270. The summed E-state index contributed by atoms with van der Waals surface area (Å²) in [5.41, 5.74) is -0.839. The molecule has 2 atom stereocenters. The zero-order valence-electron chi connectivity index (χ0n) is 10.0. The first-order valence-corrected chi connectivity index (χ1v) is 5.30. The third-order valence-electron chi connectivity index (χ3n) is 2.93. The second-order valence-electron chi connectivity index (χ2n) is 4.86. The molecule has 1 fully saturated rings. The van der Waals surface area contributed by atoms with E-state index in [2.05, 4.69) is 6.58 Å². The molecule has 0 saturated carbocycles. The Morgan fingerprint density at radius 2 is 2.27 bits per heavy atom. The van der Waals surface area contributed by atoms with Gasteiger partial charge in [0.15, 0.2) is 0 Å². The van der Waals surface area contributed by atoms with Crippen LogP contribution in [0.15, 0.2) is 12.7 Å². The topological polar surface area (TPSA) is 35.5 Å². The van der Waals surface area contributed by atoms with E-state index < -0.39 is 5.60 Å². The van der Waals surface area contributed by atoms with Crippen LogP contribution in [0.5, 0.6) is 0 Å². The van der Waals surface area contributed by atoms with Gasteiger partial charge in [-0.15, -0.1) is 6.58 Å². The lowest BCUT2D eigenvalue weighted by Crippen LogP contribution is -2.41. The van der Waals surface area contributed by atoms with Crippen molar-refractivity contribution in [1.29, 1.82) is 0 Å². The van der Waals surface area contributed by atoms with Crippen LogP contribution in [0, 0.1) is 0 Å². The Labute approximate surface area is 91.4 Å². The second-order valence-corrected chi connectivity index (χ2v) is 4.86. The van der Waals surface area contributed by atoms with Crippen LogP contribution in [-0.2, 0) is 14.3 Å². The normalized spacial score (nSPS) is 31.3. The van der Waals surface area contributed by atoms with E-state index in [1.165, 1.54) is 6.92 Å². The Hall–Kier alpha value is -0.830. The highest BCUT2D eigenvalue weighted by atomic mass is 16.6. The Kier molecular flexibility index (Phi) is 3.24. The van der Waals surface area contributed by atoms with Gasteiger partial charge >= 0.3 is 5.97 Å². The van der Waals surface area contributed by atoms with E-state index in [1.54, 1.807) is 0 Å². The van der Waals surface area contributed by atoms with Gasteiger partial charge in [-0.1, -0.05) is 6.08 Å². The van der Waals surface area contributed by atoms with Crippen LogP contribution in [0.4, 0.5) is 0 Å². The van der Waals surface area contributed by atoms with E-state index in [-0.39, 0.29) is 17.7 Å². The standard InChI is InChI=1S/C12H20O3/c1-6-12(5)8-7-10(15-12)11(3,4)14-9(2)13/h6,10H,1,7-8H2,2-5H3/t10-,12-/m1/s1. The number of carbonyl (C=O) groups excluding carboxylic acids is 1. The van der Waals surface area contributed by atoms with Gasteiger partial charge in [0.05, 0.1) is 11.7 Å². The monoisotopic (exact) mass is 212 g/mol. The van der Waals surface area contributed by atoms with Crippen LogP contribution in [0.3, 0.4) is 0 Å². The summed E-state index contributed by atoms with van der Waals surface area (Å²) in [6.07, 6.45) is 3.58. The van der Waals surface area contributed by atoms with Crippen LogP contribution in [0.1, 0.15) is 40.5 Å². The molecular formula is C12H20O3. The fourth-order valence-corrected chi connectivity index (χ4v) is 1.94. The summed E-state index contributed by atoms with van der Waals surface area (Å²) in [7, 11) is 0. The molecule has 0 radical (unpaired) electrons. The van der Waals surface area contributed by atoms with Crippen LogP contribution in [-0.4, -0.2) is 23.3 Å². The molecule has 86 valence electrons. The number of hydrogen-bond acceptors (Lipinski definition) is 3. The molecule has 1 saturated heterocycles. The minimum atomic E-state index is -0.563. The highest BCUT2D eigenvalue weighted by Gasteiger charge is 2.43. The molecular weight excluding hydrogens is 192 g/mol. The molecule has 0 N–H and O–H groups in total. The molecule has 1 aliphatic rings. The van der Waals surface area contributed by atoms with Gasteiger partial charge in [-0.2, -0.15) is 0 Å². The Balaban J connectivity index is 2.67. The maximum atomic E-state index is 10.9. The van der Waals surface area contributed by atoms with Gasteiger partial charge in [-0.05, 0) is 33.6 Å². The minimum absolute atomic E-state index is 0.0515. The van der Waals surface area contributed by atoms with Gasteiger partial charge < -0.3 is 9.47 Å². The van der Waals surface area contributed by atoms with E-state index in [1.807, 2.05) is 26.8 Å². The first-order chi connectivity index (χ1) is 6.79. The first kappa shape index (κ1) is 12.2. The van der Waals surface area contributed by atoms with Gasteiger partial charge in [-0.25, -0.2) is 0 Å². The molecule has 3 nitrogen and oxygen atoms in total. The molecule has 1 rings (SSSR count). The smallest absolute Gasteiger partial charge is 0.303 e. The molecule has 0 bridgehead atoms. The van der Waals surface area contributed by atoms with Gasteiger partial charge in [0.2, 0.25) is 0 Å². The van der Waals surface area contributed by atoms with E-state index >= 15 is 0 Å². The SMILES string of the molecule is C=C[C@]1(C)CC[C@H](C(C)(C)OC(C)=O)O1. The highest BCUT2D eigenvalue weighted by molar-refractivity contribution is 5.66. The third kappa shape index (κ3) is 2.81. The molecule has 0 unspecified atom stereocenters. The molecule has 0 aromatic rings. The zero-order chi connectivity index (χ0) is 11.7. The summed E-state index contributed by atoms with van der Waals surface area (Å²) < 4.78 is 11.1. The first-order valence-electron chi connectivity index (χ1n) is 5.30. The molecule has 1 heterocycles. The fourth-order valence-electron chi connectivity index (χ4n) is 1.94. The number of ether oxygens (including phenoxy) is 2. The summed E-state index contributed by atoms with van der Waals surface area (Å²) in [6, 6.07) is 0. The maximum Gasteiger partial charge on any atom is 0.303 e. The van der Waals surface area contributed by atoms with Crippen molar-refractivity contribution in [3.05, 3.63) is 12.7 Å². The van der Waals surface area contributed by atoms with Crippen LogP contribution in [0.25, 0.3) is 0 Å². The molecule has 0 amide bonds. The second kappa shape index (κ2) is 3.97. The average molecular weight is 212 g/mol. The lowest BCUT2D eigenvalue weighted by molar-refractivity contribution is -0.171. The zero-order valence-corrected chi connectivity index (χ0v) is 10.0. The van der Waals surface area contributed by atoms with E-state index in [0.717, 1.165) is 12.8 Å². The van der Waals surface area contributed by atoms with E-state index in [4.69, 9.17) is 9.47 Å². The van der Waals surface area contributed by atoms with Crippen molar-refractivity contribution in [3.8, 4) is 0 Å². The Morgan fingerprint density at radius 3 is 2.67 bits per heavy atom. The van der Waals surface area contributed by atoms with Crippen molar-refractivity contribution in [2.75, 3.05) is 0 Å². The van der Waals surface area contributed by atoms with Crippen LogP contribution >= 0.6 is 0 Å². The molecule has 0 spiro atoms. The number of esters is 1. The molecule has 15 heavy (non-hydrogen) atoms. The molecule has 0 aromatic carbocycles. The molecule has 3 heteroatoms. The summed E-state index contributed by atoms with van der Waals surface area (Å²) in [6.45, 7) is 10.9. The summed E-state index contributed by atoms with van der Waals surface area (Å²) in [5, 5.41) is 0. The number of hydrogen-bond donors (Lipinski definition) is 0. The van der Waals surface area contributed by atoms with Crippen molar-refractivity contribution in [2.45, 2.75) is 57.8 Å². The van der Waals surface area contributed by atoms with Crippen molar-refractivity contribution in [1.82, 2.24) is 0 Å². The van der Waals surface area contributed by atoms with Crippen molar-refractivity contribution >= 4 is 5.97 Å². The van der Waals surface area contributed by atoms with Crippen molar-refractivity contribution < 1.29 is 14.3 Å². The van der Waals surface area contributed by atoms with Gasteiger partial charge in [0.1, 0.15) is 5.60 Å². The largest absolute Gasteiger partial charge is 0.457 e. The maximum absolute atomic E-state index is 10.9. The summed E-state index contributed by atoms with van der Waals surface area (Å²) in [4.78, 5) is 10.9. The van der Waals surface area contributed by atoms with Crippen molar-refractivity contribution in [2.24, 2.45) is 0 Å². The molecule has 0 aliphatic carbocycles. The van der Waals surface area contributed by atoms with E-state index in [0.29, 0.717) is 0 Å². The third-order valence-corrected chi connectivity index (χ3v) is 2.93. The van der Waals surface area contributed by atoms with Crippen molar-refractivity contribution in [3.63, 3.8) is 0 Å². The highest BCUT2D eigenvalue weighted by Crippen LogP contribution is 2.37. The predicted octanol–water partition coefficient (Wildman–Crippen LogP) is 2.45. The minimum Gasteiger partial charge on any atom is -0.457 e. The summed E-state index contributed by atoms with van der Waals surface area (Å²) in [5.74, 6) is -0.268. The van der Waals surface area contributed by atoms with E-state index in [9.17, 15) is 4.79 Å². The average Bonchev–Trinajstić information content (AvgIpc) is 2.47. The Morgan fingerprint density at radius 1 is 1.67 bits per heavy atom. The van der Waals surface area contributed by atoms with Crippen LogP contribution in [0.2, 0.25) is 0 Å². The molecule has 0 aromatic heterocycles. The van der Waals surface area contributed by atoms with Gasteiger partial charge in [0, 0.05) is 6.92 Å². The van der Waals surface area contributed by atoms with Gasteiger partial charge in [-0.3, -0.25) is 4.79 Å². The van der Waals surface area contributed by atoms with Crippen LogP contribution < -0.4 is 0 Å². The predicted molar refractivity (Wildman–Crippen MR) is 58.6 cm³/mol. The summed E-state index contributed by atoms with van der Waals surface area (Å²) >= 11 is 0. The quantitative estimate of drug-likeness (QED) is 0.532.